The molecule has 0 bridgehead atoms. The summed E-state index contributed by atoms with van der Waals surface area (Å²) in [6, 6.07) is 13.5. The van der Waals surface area contributed by atoms with Crippen molar-refractivity contribution in [3.05, 3.63) is 89.2 Å². The minimum absolute atomic E-state index is 0.0709. The van der Waals surface area contributed by atoms with Gasteiger partial charge in [0.15, 0.2) is 0 Å². The second kappa shape index (κ2) is 12.4. The number of carbonyl (C=O) groups is 1. The molecule has 1 aromatic heterocycles. The number of hydrogen-bond acceptors (Lipinski definition) is 4. The molecule has 34 heavy (non-hydrogen) atoms. The van der Waals surface area contributed by atoms with E-state index in [9.17, 15) is 26.4 Å². The molecule has 0 aliphatic carbocycles. The van der Waals surface area contributed by atoms with E-state index in [0.29, 0.717) is 19.0 Å². The maximum Gasteiger partial charge on any atom is 0.416 e. The third kappa shape index (κ3) is 8.68. The van der Waals surface area contributed by atoms with E-state index >= 15 is 0 Å². The summed E-state index contributed by atoms with van der Waals surface area (Å²) < 4.78 is 64.1. The van der Waals surface area contributed by atoms with Gasteiger partial charge in [-0.05, 0) is 54.4 Å². The number of amides is 1. The zero-order chi connectivity index (χ0) is 25.2. The van der Waals surface area contributed by atoms with E-state index in [2.05, 4.69) is 15.0 Å². The van der Waals surface area contributed by atoms with Crippen LogP contribution in [-0.2, 0) is 27.5 Å². The first kappa shape index (κ1) is 27.1. The lowest BCUT2D eigenvalue weighted by Gasteiger charge is -2.12. The van der Waals surface area contributed by atoms with Gasteiger partial charge in [0.1, 0.15) is 0 Å². The molecular weight excluding hydrogens is 491 g/mol. The van der Waals surface area contributed by atoms with Crippen LogP contribution in [0, 0.1) is 0 Å². The fourth-order valence-electron chi connectivity index (χ4n) is 2.60. The zero-order valence-corrected chi connectivity index (χ0v) is 19.7. The number of anilines is 1. The first-order valence-corrected chi connectivity index (χ1v) is 12.0. The largest absolute Gasteiger partial charge is 0.416 e. The molecule has 1 amide bonds. The second-order valence-electron chi connectivity index (χ2n) is 6.99. The number of halogens is 4. The summed E-state index contributed by atoms with van der Waals surface area (Å²) >= 11 is 5.75. The molecule has 0 aliphatic rings. The van der Waals surface area contributed by atoms with Crippen LogP contribution in [0.15, 0.2) is 78.0 Å². The van der Waals surface area contributed by atoms with Crippen LogP contribution < -0.4 is 10.0 Å². The van der Waals surface area contributed by atoms with Crippen LogP contribution in [0.5, 0.6) is 0 Å². The van der Waals surface area contributed by atoms with Gasteiger partial charge in [-0.3, -0.25) is 14.5 Å². The molecule has 0 unspecified atom stereocenters. The smallest absolute Gasteiger partial charge is 0.352 e. The normalized spacial score (nSPS) is 11.2. The molecule has 2 N–H and O–H groups in total. The summed E-state index contributed by atoms with van der Waals surface area (Å²) in [5.74, 6) is 0.110. The van der Waals surface area contributed by atoms with E-state index in [1.165, 1.54) is 24.3 Å². The molecule has 0 atom stereocenters. The van der Waals surface area contributed by atoms with Crippen molar-refractivity contribution >= 4 is 33.2 Å². The van der Waals surface area contributed by atoms with Gasteiger partial charge in [-0.25, -0.2) is 8.42 Å². The van der Waals surface area contributed by atoms with Crippen molar-refractivity contribution in [2.75, 3.05) is 4.72 Å². The van der Waals surface area contributed by atoms with Gasteiger partial charge in [-0.2, -0.15) is 13.2 Å². The predicted molar refractivity (Wildman–Crippen MR) is 125 cm³/mol. The van der Waals surface area contributed by atoms with E-state index in [1.807, 2.05) is 19.1 Å². The van der Waals surface area contributed by atoms with Gasteiger partial charge in [0.25, 0.3) is 10.0 Å². The monoisotopic (exact) mass is 513 g/mol. The molecule has 11 heteroatoms. The molecular formula is C23H23ClF3N3O3S. The number of benzene rings is 2. The topological polar surface area (TPSA) is 88.2 Å². The lowest BCUT2D eigenvalue weighted by molar-refractivity contribution is -0.137. The molecule has 2 aromatic carbocycles. The summed E-state index contributed by atoms with van der Waals surface area (Å²) in [4.78, 5) is 14.9. The first-order chi connectivity index (χ1) is 16.0. The predicted octanol–water partition coefficient (Wildman–Crippen LogP) is 5.66. The number of sulfonamides is 1. The molecule has 3 aromatic rings. The Labute approximate surface area is 201 Å². The van der Waals surface area contributed by atoms with Gasteiger partial charge in [0.05, 0.1) is 21.2 Å². The Balaban J connectivity index is 0.000000270. The summed E-state index contributed by atoms with van der Waals surface area (Å²) in [6.45, 7) is 2.59. The SMILES string of the molecule is CCCC(=O)NCc1ccncc1.O=S(=O)(Nc1cc(C(F)(F)F)ccc1Cl)c1ccccc1. The molecule has 3 rings (SSSR count). The molecule has 0 saturated heterocycles. The second-order valence-corrected chi connectivity index (χ2v) is 9.08. The van der Waals surface area contributed by atoms with E-state index in [-0.39, 0.29) is 21.5 Å². The Morgan fingerprint density at radius 1 is 1.03 bits per heavy atom. The van der Waals surface area contributed by atoms with E-state index in [1.54, 1.807) is 18.5 Å². The van der Waals surface area contributed by atoms with E-state index < -0.39 is 21.8 Å². The number of aromatic nitrogens is 1. The first-order valence-electron chi connectivity index (χ1n) is 10.1. The highest BCUT2D eigenvalue weighted by molar-refractivity contribution is 7.92. The Bertz CT molecular complexity index is 1180. The number of alkyl halides is 3. The Kier molecular flexibility index (Phi) is 9.88. The van der Waals surface area contributed by atoms with E-state index in [0.717, 1.165) is 24.1 Å². The van der Waals surface area contributed by atoms with Gasteiger partial charge in [0.2, 0.25) is 5.91 Å². The van der Waals surface area contributed by atoms with Gasteiger partial charge in [-0.15, -0.1) is 0 Å². The van der Waals surface area contributed by atoms with Crippen LogP contribution in [-0.4, -0.2) is 19.3 Å². The lowest BCUT2D eigenvalue weighted by atomic mass is 10.2. The minimum atomic E-state index is -4.59. The minimum Gasteiger partial charge on any atom is -0.352 e. The van der Waals surface area contributed by atoms with Crippen molar-refractivity contribution in [2.45, 2.75) is 37.4 Å². The molecule has 0 fully saturated rings. The quantitative estimate of drug-likeness (QED) is 0.427. The Hall–Kier alpha value is -3.11. The fraction of sp³-hybridized carbons (Fsp3) is 0.217. The Morgan fingerprint density at radius 3 is 2.26 bits per heavy atom. The third-order valence-corrected chi connectivity index (χ3v) is 6.02. The van der Waals surface area contributed by atoms with Crippen LogP contribution in [0.2, 0.25) is 5.02 Å². The number of carbonyl (C=O) groups excluding carboxylic acids is 1. The van der Waals surface area contributed by atoms with Crippen molar-refractivity contribution in [3.8, 4) is 0 Å². The number of hydrogen-bond donors (Lipinski definition) is 2. The molecule has 0 aliphatic heterocycles. The van der Waals surface area contributed by atoms with Crippen LogP contribution >= 0.6 is 11.6 Å². The highest BCUT2D eigenvalue weighted by Crippen LogP contribution is 2.34. The molecule has 1 heterocycles. The number of nitrogens with zero attached hydrogens (tertiary/aromatic N) is 1. The number of rotatable bonds is 7. The number of nitrogens with one attached hydrogen (secondary N) is 2. The zero-order valence-electron chi connectivity index (χ0n) is 18.1. The van der Waals surface area contributed by atoms with Crippen LogP contribution in [0.3, 0.4) is 0 Å². The standard InChI is InChI=1S/C13H9ClF3NO2S.C10H14N2O/c14-11-7-6-9(13(15,16)17)8-12(11)18-21(19,20)10-4-2-1-3-5-10;1-2-3-10(13)12-8-9-4-6-11-7-5-9/h1-8,18H;4-7H,2-3,8H2,1H3,(H,12,13). The van der Waals surface area contributed by atoms with E-state index in [4.69, 9.17) is 11.6 Å². The lowest BCUT2D eigenvalue weighted by Crippen LogP contribution is -2.21. The summed E-state index contributed by atoms with van der Waals surface area (Å²) in [5.41, 5.74) is -0.229. The summed E-state index contributed by atoms with van der Waals surface area (Å²) in [7, 11) is -4.00. The highest BCUT2D eigenvalue weighted by Gasteiger charge is 2.31. The average molecular weight is 514 g/mol. The van der Waals surface area contributed by atoms with Crippen molar-refractivity contribution in [2.24, 2.45) is 0 Å². The third-order valence-electron chi connectivity index (χ3n) is 4.31. The summed E-state index contributed by atoms with van der Waals surface area (Å²) in [5, 5.41) is 2.71. The average Bonchev–Trinajstić information content (AvgIpc) is 2.80. The maximum absolute atomic E-state index is 12.6. The molecule has 0 radical (unpaired) electrons. The van der Waals surface area contributed by atoms with Gasteiger partial charge < -0.3 is 5.32 Å². The molecule has 6 nitrogen and oxygen atoms in total. The molecule has 182 valence electrons. The van der Waals surface area contributed by atoms with Crippen LogP contribution in [0.1, 0.15) is 30.9 Å². The highest BCUT2D eigenvalue weighted by atomic mass is 35.5. The van der Waals surface area contributed by atoms with Crippen molar-refractivity contribution in [3.63, 3.8) is 0 Å². The van der Waals surface area contributed by atoms with Gasteiger partial charge in [0, 0.05) is 25.4 Å². The molecule has 0 saturated carbocycles. The van der Waals surface area contributed by atoms with Gasteiger partial charge in [-0.1, -0.05) is 36.7 Å². The van der Waals surface area contributed by atoms with Crippen molar-refractivity contribution in [1.82, 2.24) is 10.3 Å². The van der Waals surface area contributed by atoms with Crippen molar-refractivity contribution in [1.29, 1.82) is 0 Å². The maximum atomic E-state index is 12.6. The van der Waals surface area contributed by atoms with Gasteiger partial charge >= 0.3 is 6.18 Å². The molecule has 0 spiro atoms. The summed E-state index contributed by atoms with van der Waals surface area (Å²) in [6.07, 6.45) is 0.355. The van der Waals surface area contributed by atoms with Crippen molar-refractivity contribution < 1.29 is 26.4 Å². The van der Waals surface area contributed by atoms with Crippen LogP contribution in [0.25, 0.3) is 0 Å². The van der Waals surface area contributed by atoms with Crippen LogP contribution in [0.4, 0.5) is 18.9 Å². The Morgan fingerprint density at radius 2 is 1.68 bits per heavy atom. The number of pyridine rings is 1. The fourth-order valence-corrected chi connectivity index (χ4v) is 3.91.